The molecule has 0 aromatic heterocycles. The van der Waals surface area contributed by atoms with Crippen molar-refractivity contribution in [2.45, 2.75) is 282 Å². The minimum Gasteiger partial charge on any atom is -0.489 e. The average Bonchev–Trinajstić information content (AvgIpc) is 3.33. The van der Waals surface area contributed by atoms with Gasteiger partial charge in [0.2, 0.25) is 0 Å². The molecular weight excluding hydrogens is 817 g/mol. The number of carbonyl (C=O) groups excluding carboxylic acids is 2. The summed E-state index contributed by atoms with van der Waals surface area (Å²) >= 11 is 0. The van der Waals surface area contributed by atoms with Crippen LogP contribution >= 0.6 is 0 Å². The molecule has 6 heteroatoms. The predicted molar refractivity (Wildman–Crippen MR) is 277 cm³/mol. The topological polar surface area (TPSA) is 71.1 Å². The molecule has 6 nitrogen and oxygen atoms in total. The largest absolute Gasteiger partial charge is 0.489 e. The summed E-state index contributed by atoms with van der Waals surface area (Å²) < 4.78 is 26.4. The molecule has 66 heavy (non-hydrogen) atoms. The highest BCUT2D eigenvalue weighted by molar-refractivity contribution is 6.11. The van der Waals surface area contributed by atoms with Crippen LogP contribution in [0.4, 0.5) is 0 Å². The Balaban J connectivity index is 1.28. The van der Waals surface area contributed by atoms with E-state index in [2.05, 4.69) is 62.4 Å². The van der Waals surface area contributed by atoms with Crippen molar-refractivity contribution in [3.8, 4) is 11.5 Å². The summed E-state index contributed by atoms with van der Waals surface area (Å²) in [6, 6.07) is 17.3. The maximum atomic E-state index is 13.0. The fourth-order valence-corrected chi connectivity index (χ4v) is 10.7. The summed E-state index contributed by atoms with van der Waals surface area (Å²) in [5, 5.41) is 4.30. The maximum absolute atomic E-state index is 13.0. The Kier molecular flexibility index (Phi) is 27.0. The molecule has 0 radical (unpaired) electrons. The lowest BCUT2D eigenvalue weighted by Gasteiger charge is -2.26. The van der Waals surface area contributed by atoms with Crippen molar-refractivity contribution in [2.24, 2.45) is 0 Å². The van der Waals surface area contributed by atoms with Crippen LogP contribution in [0.15, 0.2) is 48.5 Å². The monoisotopic (exact) mass is 911 g/mol. The first kappa shape index (κ1) is 53.7. The first-order valence-corrected chi connectivity index (χ1v) is 28.2. The molecule has 3 aromatic carbocycles. The Morgan fingerprint density at radius 3 is 1.02 bits per heavy atom. The second-order valence-corrected chi connectivity index (χ2v) is 20.5. The van der Waals surface area contributed by atoms with Gasteiger partial charge in [-0.3, -0.25) is 9.59 Å². The molecule has 2 unspecified atom stereocenters. The van der Waals surface area contributed by atoms with E-state index < -0.39 is 0 Å². The van der Waals surface area contributed by atoms with Crippen molar-refractivity contribution < 1.29 is 28.5 Å². The van der Waals surface area contributed by atoms with Crippen LogP contribution in [-0.2, 0) is 19.1 Å². The SMILES string of the molecule is CCCCCCCCCCCCC(CCCC(=O)OC1CCCCC1)Oc1c2ccccc2c(OC(CCCCCCCCCCCC)CCCC(=O)OC2CCCCC2)c2ccccc12. The Bertz CT molecular complexity index is 1560. The lowest BCUT2D eigenvalue weighted by atomic mass is 9.97. The third-order valence-corrected chi connectivity index (χ3v) is 14.7. The highest BCUT2D eigenvalue weighted by atomic mass is 16.5. The smallest absolute Gasteiger partial charge is 0.306 e. The van der Waals surface area contributed by atoms with Crippen LogP contribution < -0.4 is 9.47 Å². The van der Waals surface area contributed by atoms with E-state index in [1.54, 1.807) is 0 Å². The standard InChI is InChI=1S/C60H94O6/c1-3-5-7-9-11-13-15-17-19-23-39-51(41-33-47-57(61)63-49-35-25-21-26-36-49)65-59-53-43-29-31-45-55(53)60(56-46-32-30-44-54(56)59)66-52(40-24-20-18-16-14-12-10-8-6-4-2)42-34-48-58(62)64-50-37-27-22-28-38-50/h29-32,43-46,49-52H,3-28,33-42,47-48H2,1-2H3. The van der Waals surface area contributed by atoms with Gasteiger partial charge in [-0.25, -0.2) is 0 Å². The molecule has 0 bridgehead atoms. The van der Waals surface area contributed by atoms with Crippen molar-refractivity contribution in [3.63, 3.8) is 0 Å². The van der Waals surface area contributed by atoms with Crippen molar-refractivity contribution in [1.82, 2.24) is 0 Å². The van der Waals surface area contributed by atoms with Crippen LogP contribution in [0.25, 0.3) is 21.5 Å². The summed E-state index contributed by atoms with van der Waals surface area (Å²) in [6.45, 7) is 4.57. The van der Waals surface area contributed by atoms with E-state index >= 15 is 0 Å². The van der Waals surface area contributed by atoms with Gasteiger partial charge in [0.15, 0.2) is 0 Å². The molecule has 0 N–H and O–H groups in total. The van der Waals surface area contributed by atoms with Crippen LogP contribution in [0.3, 0.4) is 0 Å². The fraction of sp³-hybridized carbons (Fsp3) is 0.733. The number of unbranched alkanes of at least 4 members (excludes halogenated alkanes) is 18. The molecule has 3 aromatic rings. The molecule has 0 amide bonds. The van der Waals surface area contributed by atoms with Gasteiger partial charge in [0, 0.05) is 34.4 Å². The highest BCUT2D eigenvalue weighted by Crippen LogP contribution is 2.44. The van der Waals surface area contributed by atoms with Crippen LogP contribution in [0.2, 0.25) is 0 Å². The molecule has 2 atom stereocenters. The molecule has 2 saturated carbocycles. The van der Waals surface area contributed by atoms with Gasteiger partial charge in [0.05, 0.1) is 12.2 Å². The van der Waals surface area contributed by atoms with Gasteiger partial charge in [0.25, 0.3) is 0 Å². The zero-order chi connectivity index (χ0) is 46.3. The summed E-state index contributed by atoms with van der Waals surface area (Å²) in [4.78, 5) is 26.0. The first-order valence-electron chi connectivity index (χ1n) is 28.2. The van der Waals surface area contributed by atoms with E-state index in [1.807, 2.05) is 0 Å². The van der Waals surface area contributed by atoms with Crippen molar-refractivity contribution >= 4 is 33.5 Å². The Morgan fingerprint density at radius 1 is 0.409 bits per heavy atom. The second-order valence-electron chi connectivity index (χ2n) is 20.5. The molecule has 370 valence electrons. The molecule has 5 rings (SSSR count). The van der Waals surface area contributed by atoms with Gasteiger partial charge in [-0.1, -0.05) is 191 Å². The van der Waals surface area contributed by atoms with Crippen LogP contribution in [0, 0.1) is 0 Å². The molecule has 0 spiro atoms. The summed E-state index contributed by atoms with van der Waals surface area (Å²) in [5.74, 6) is 1.75. The number of rotatable bonds is 36. The molecular formula is C60H94O6. The van der Waals surface area contributed by atoms with E-state index in [0.717, 1.165) is 136 Å². The van der Waals surface area contributed by atoms with E-state index in [1.165, 1.54) is 128 Å². The lowest BCUT2D eigenvalue weighted by molar-refractivity contribution is -0.151. The molecule has 2 aliphatic carbocycles. The summed E-state index contributed by atoms with van der Waals surface area (Å²) in [6.07, 6.45) is 43.4. The van der Waals surface area contributed by atoms with Gasteiger partial charge in [-0.05, 0) is 103 Å². The fourth-order valence-electron chi connectivity index (χ4n) is 10.7. The van der Waals surface area contributed by atoms with Gasteiger partial charge in [0.1, 0.15) is 23.7 Å². The van der Waals surface area contributed by atoms with E-state index in [4.69, 9.17) is 18.9 Å². The number of esters is 2. The lowest BCUT2D eigenvalue weighted by Crippen LogP contribution is -2.22. The van der Waals surface area contributed by atoms with Gasteiger partial charge in [-0.15, -0.1) is 0 Å². The third kappa shape index (κ3) is 20.5. The van der Waals surface area contributed by atoms with Gasteiger partial charge in [-0.2, -0.15) is 0 Å². The van der Waals surface area contributed by atoms with Gasteiger partial charge >= 0.3 is 11.9 Å². The highest BCUT2D eigenvalue weighted by Gasteiger charge is 2.24. The van der Waals surface area contributed by atoms with Crippen molar-refractivity contribution in [2.75, 3.05) is 0 Å². The quantitative estimate of drug-likeness (QED) is 0.0329. The second kappa shape index (κ2) is 33.3. The van der Waals surface area contributed by atoms with E-state index in [9.17, 15) is 9.59 Å². The Labute approximate surface area is 402 Å². The number of ether oxygens (including phenoxy) is 4. The number of fused-ring (bicyclic) bond motifs is 2. The first-order chi connectivity index (χ1) is 32.6. The van der Waals surface area contributed by atoms with Gasteiger partial charge < -0.3 is 18.9 Å². The third-order valence-electron chi connectivity index (χ3n) is 14.7. The zero-order valence-electron chi connectivity index (χ0n) is 42.2. The Hall–Kier alpha value is -3.28. The average molecular weight is 911 g/mol. The molecule has 2 aliphatic rings. The predicted octanol–water partition coefficient (Wildman–Crippen LogP) is 18.2. The number of benzene rings is 3. The normalized spacial score (nSPS) is 15.8. The molecule has 0 heterocycles. The van der Waals surface area contributed by atoms with Crippen LogP contribution in [0.1, 0.15) is 258 Å². The van der Waals surface area contributed by atoms with E-state index in [-0.39, 0.29) is 36.4 Å². The van der Waals surface area contributed by atoms with Crippen molar-refractivity contribution in [1.29, 1.82) is 0 Å². The zero-order valence-corrected chi connectivity index (χ0v) is 42.2. The van der Waals surface area contributed by atoms with Crippen molar-refractivity contribution in [3.05, 3.63) is 48.5 Å². The molecule has 2 fully saturated rings. The van der Waals surface area contributed by atoms with E-state index in [0.29, 0.717) is 12.8 Å². The number of hydrogen-bond donors (Lipinski definition) is 0. The summed E-state index contributed by atoms with van der Waals surface area (Å²) in [5.41, 5.74) is 0. The Morgan fingerprint density at radius 2 is 0.697 bits per heavy atom. The minimum atomic E-state index is -0.0505. The number of hydrogen-bond acceptors (Lipinski definition) is 6. The molecule has 0 saturated heterocycles. The molecule has 0 aliphatic heterocycles. The van der Waals surface area contributed by atoms with Crippen LogP contribution in [-0.4, -0.2) is 36.4 Å². The maximum Gasteiger partial charge on any atom is 0.306 e. The minimum absolute atomic E-state index is 0.00226. The summed E-state index contributed by atoms with van der Waals surface area (Å²) in [7, 11) is 0. The van der Waals surface area contributed by atoms with Crippen LogP contribution in [0.5, 0.6) is 11.5 Å². The number of carbonyl (C=O) groups is 2.